The average Bonchev–Trinajstić information content (AvgIpc) is 2.75. The highest BCUT2D eigenvalue weighted by molar-refractivity contribution is 6.24. The highest BCUT2D eigenvalue weighted by Crippen LogP contribution is 2.18. The third kappa shape index (κ3) is 11.8. The second kappa shape index (κ2) is 13.6. The van der Waals surface area contributed by atoms with E-state index < -0.39 is 46.5 Å². The first kappa shape index (κ1) is 31.4. The van der Waals surface area contributed by atoms with E-state index in [2.05, 4.69) is 10.7 Å². The first-order valence-corrected chi connectivity index (χ1v) is 11.9. The zero-order valence-corrected chi connectivity index (χ0v) is 22.8. The molecule has 0 bridgehead atoms. The fraction of sp³-hybridized carbons (Fsp3) is 0.538. The maximum absolute atomic E-state index is 14.6. The van der Waals surface area contributed by atoms with Crippen molar-refractivity contribution in [3.8, 4) is 0 Å². The monoisotopic (exact) mass is 523 g/mol. The van der Waals surface area contributed by atoms with Crippen LogP contribution in [0.15, 0.2) is 30.0 Å². The summed E-state index contributed by atoms with van der Waals surface area (Å²) in [5, 5.41) is 3.57. The minimum Gasteiger partial charge on any atom is -0.462 e. The maximum atomic E-state index is 14.6. The van der Waals surface area contributed by atoms with Crippen molar-refractivity contribution in [1.29, 1.82) is 0 Å². The Morgan fingerprint density at radius 3 is 2.22 bits per heavy atom. The number of carbonyl (C=O) groups excluding carboxylic acids is 4. The lowest BCUT2D eigenvalue weighted by Gasteiger charge is -2.24. The van der Waals surface area contributed by atoms with Crippen LogP contribution < -0.4 is 10.7 Å². The van der Waals surface area contributed by atoms with E-state index in [0.717, 1.165) is 17.3 Å². The average molecular weight is 524 g/mol. The molecule has 0 spiro atoms. The van der Waals surface area contributed by atoms with Crippen molar-refractivity contribution in [2.24, 2.45) is 0 Å². The van der Waals surface area contributed by atoms with Gasteiger partial charge in [-0.3, -0.25) is 10.2 Å². The molecule has 2 N–H and O–H groups in total. The lowest BCUT2D eigenvalue weighted by molar-refractivity contribution is -0.138. The van der Waals surface area contributed by atoms with Gasteiger partial charge in [0.1, 0.15) is 22.6 Å². The number of carbonyl (C=O) groups is 4. The summed E-state index contributed by atoms with van der Waals surface area (Å²) in [5.74, 6) is -2.73. The Balaban J connectivity index is 3.00. The Hall–Kier alpha value is -3.63. The van der Waals surface area contributed by atoms with Gasteiger partial charge in [0.2, 0.25) is 5.78 Å². The summed E-state index contributed by atoms with van der Waals surface area (Å²) in [6, 6.07) is 3.99. The molecule has 0 saturated heterocycles. The van der Waals surface area contributed by atoms with Crippen LogP contribution in [0, 0.1) is 5.82 Å². The summed E-state index contributed by atoms with van der Waals surface area (Å²) in [5.41, 5.74) is 0.911. The highest BCUT2D eigenvalue weighted by Gasteiger charge is 2.25. The summed E-state index contributed by atoms with van der Waals surface area (Å²) in [6.45, 7) is 12.2. The normalized spacial score (nSPS) is 11.9. The second-order valence-corrected chi connectivity index (χ2v) is 10.1. The third-order valence-electron chi connectivity index (χ3n) is 4.40. The van der Waals surface area contributed by atoms with Crippen LogP contribution in [-0.4, -0.2) is 60.3 Å². The van der Waals surface area contributed by atoms with E-state index in [0.29, 0.717) is 24.9 Å². The van der Waals surface area contributed by atoms with Crippen LogP contribution >= 0.6 is 0 Å². The number of rotatable bonds is 10. The number of aryl methyl sites for hydroxylation is 1. The molecule has 0 aliphatic rings. The molecule has 0 radical (unpaired) electrons. The van der Waals surface area contributed by atoms with Gasteiger partial charge in [-0.2, -0.15) is 0 Å². The van der Waals surface area contributed by atoms with Crippen LogP contribution in [0.25, 0.3) is 0 Å². The number of ketones is 1. The number of hydrogen-bond acceptors (Lipinski definition) is 8. The Morgan fingerprint density at radius 1 is 1.03 bits per heavy atom. The van der Waals surface area contributed by atoms with Gasteiger partial charge in [-0.25, -0.2) is 23.8 Å². The van der Waals surface area contributed by atoms with Crippen LogP contribution in [0.5, 0.6) is 0 Å². The lowest BCUT2D eigenvalue weighted by Crippen LogP contribution is -2.41. The Morgan fingerprint density at radius 2 is 1.65 bits per heavy atom. The van der Waals surface area contributed by atoms with E-state index in [9.17, 15) is 23.6 Å². The van der Waals surface area contributed by atoms with Gasteiger partial charge in [-0.15, -0.1) is 0 Å². The van der Waals surface area contributed by atoms with E-state index in [1.54, 1.807) is 48.5 Å². The topological polar surface area (TPSA) is 123 Å². The minimum absolute atomic E-state index is 0.0153. The van der Waals surface area contributed by atoms with Crippen LogP contribution in [-0.2, 0) is 25.4 Å². The van der Waals surface area contributed by atoms with E-state index in [4.69, 9.17) is 14.2 Å². The van der Waals surface area contributed by atoms with Gasteiger partial charge in [0.25, 0.3) is 0 Å². The van der Waals surface area contributed by atoms with Gasteiger partial charge in [0, 0.05) is 19.8 Å². The second-order valence-electron chi connectivity index (χ2n) is 10.1. The molecule has 206 valence electrons. The molecule has 1 rings (SSSR count). The molecule has 1 aromatic rings. The Kier molecular flexibility index (Phi) is 11.6. The standard InChI is InChI=1S/C26H38FN3O7/c1-9-35-22(32)19(16-29-30(8)24(34)37-26(5,6)7)21(31)18-15-17(12-13-20(18)27)11-10-14-28-23(33)36-25(2,3)4/h12-13,15-16,29H,9-11,14H2,1-8H3,(H,28,33)/b19-16+. The van der Waals surface area contributed by atoms with Crippen LogP contribution in [0.3, 0.4) is 0 Å². The molecule has 11 heteroatoms. The van der Waals surface area contributed by atoms with Crippen LogP contribution in [0.4, 0.5) is 14.0 Å². The number of hydrogen-bond donors (Lipinski definition) is 2. The van der Waals surface area contributed by atoms with E-state index in [1.165, 1.54) is 19.2 Å². The molecule has 0 unspecified atom stereocenters. The SMILES string of the molecule is CCOC(=O)/C(=C/NN(C)C(=O)OC(C)(C)C)C(=O)c1cc(CCCNC(=O)OC(C)(C)C)ccc1F. The van der Waals surface area contributed by atoms with Gasteiger partial charge < -0.3 is 19.5 Å². The van der Waals surface area contributed by atoms with E-state index in [1.807, 2.05) is 0 Å². The van der Waals surface area contributed by atoms with Crippen molar-refractivity contribution in [3.05, 3.63) is 46.9 Å². The number of amides is 2. The number of alkyl carbamates (subject to hydrolysis) is 1. The molecule has 0 aliphatic carbocycles. The number of nitrogens with one attached hydrogen (secondary N) is 2. The number of esters is 1. The van der Waals surface area contributed by atoms with Gasteiger partial charge in [0.05, 0.1) is 12.2 Å². The molecule has 2 amide bonds. The summed E-state index contributed by atoms with van der Waals surface area (Å²) in [4.78, 5) is 49.5. The van der Waals surface area contributed by atoms with E-state index in [-0.39, 0.29) is 12.2 Å². The lowest BCUT2D eigenvalue weighted by atomic mass is 9.99. The molecule has 37 heavy (non-hydrogen) atoms. The quantitative estimate of drug-likeness (QED) is 0.0681. The van der Waals surface area contributed by atoms with Crippen molar-refractivity contribution in [1.82, 2.24) is 15.8 Å². The number of nitrogens with zero attached hydrogens (tertiary/aromatic N) is 1. The predicted octanol–water partition coefficient (Wildman–Crippen LogP) is 4.28. The molecule has 0 aliphatic heterocycles. The molecule has 0 saturated carbocycles. The zero-order chi connectivity index (χ0) is 28.4. The van der Waals surface area contributed by atoms with Crippen molar-refractivity contribution in [2.75, 3.05) is 20.2 Å². The Labute approximate surface area is 217 Å². The van der Waals surface area contributed by atoms with Gasteiger partial charge in [-0.1, -0.05) is 6.07 Å². The molecular formula is C26H38FN3O7. The van der Waals surface area contributed by atoms with E-state index >= 15 is 0 Å². The molecule has 0 heterocycles. The number of ether oxygens (including phenoxy) is 3. The molecule has 0 aromatic heterocycles. The minimum atomic E-state index is -0.982. The molecule has 0 fully saturated rings. The number of benzene rings is 1. The van der Waals surface area contributed by atoms with Crippen LogP contribution in [0.2, 0.25) is 0 Å². The van der Waals surface area contributed by atoms with Crippen LogP contribution in [0.1, 0.15) is 70.8 Å². The maximum Gasteiger partial charge on any atom is 0.428 e. The fourth-order valence-corrected chi connectivity index (χ4v) is 2.81. The highest BCUT2D eigenvalue weighted by atomic mass is 19.1. The first-order chi connectivity index (χ1) is 17.0. The van der Waals surface area contributed by atoms with Crippen molar-refractivity contribution in [3.63, 3.8) is 0 Å². The smallest absolute Gasteiger partial charge is 0.428 e. The first-order valence-electron chi connectivity index (χ1n) is 11.9. The van der Waals surface area contributed by atoms with Crippen molar-refractivity contribution in [2.45, 2.75) is 72.5 Å². The number of hydrazine groups is 1. The van der Waals surface area contributed by atoms with Gasteiger partial charge in [-0.05, 0) is 79.0 Å². The Bertz CT molecular complexity index is 1010. The summed E-state index contributed by atoms with van der Waals surface area (Å²) in [6.07, 6.45) is 0.597. The predicted molar refractivity (Wildman–Crippen MR) is 135 cm³/mol. The van der Waals surface area contributed by atoms with Crippen molar-refractivity contribution >= 4 is 23.9 Å². The molecule has 0 atom stereocenters. The van der Waals surface area contributed by atoms with Crippen molar-refractivity contribution < 1.29 is 37.8 Å². The molecule has 10 nitrogen and oxygen atoms in total. The summed E-state index contributed by atoms with van der Waals surface area (Å²) in [7, 11) is 1.34. The largest absolute Gasteiger partial charge is 0.462 e. The molecule has 1 aromatic carbocycles. The van der Waals surface area contributed by atoms with Gasteiger partial charge in [0.15, 0.2) is 0 Å². The summed E-state index contributed by atoms with van der Waals surface area (Å²) < 4.78 is 29.9. The summed E-state index contributed by atoms with van der Waals surface area (Å²) >= 11 is 0. The fourth-order valence-electron chi connectivity index (χ4n) is 2.81. The van der Waals surface area contributed by atoms with Gasteiger partial charge >= 0.3 is 18.2 Å². The zero-order valence-electron chi connectivity index (χ0n) is 22.8. The number of Topliss-reactive ketones (excluding diaryl/α,β-unsaturated/α-hetero) is 1. The third-order valence-corrected chi connectivity index (χ3v) is 4.40. The number of halogens is 1. The molecular weight excluding hydrogens is 485 g/mol.